The molecular formula is C18H19N5OS. The van der Waals surface area contributed by atoms with Crippen LogP contribution in [0.25, 0.3) is 5.69 Å². The van der Waals surface area contributed by atoms with E-state index in [2.05, 4.69) is 20.8 Å². The Labute approximate surface area is 150 Å². The molecule has 25 heavy (non-hydrogen) atoms. The Bertz CT molecular complexity index is 860. The van der Waals surface area contributed by atoms with Gasteiger partial charge in [0.2, 0.25) is 11.1 Å². The monoisotopic (exact) mass is 353 g/mol. The first-order chi connectivity index (χ1) is 12.1. The topological polar surface area (TPSA) is 72.7 Å². The average Bonchev–Trinajstić information content (AvgIpc) is 3.08. The van der Waals surface area contributed by atoms with Gasteiger partial charge in [-0.25, -0.2) is 0 Å². The van der Waals surface area contributed by atoms with E-state index >= 15 is 0 Å². The van der Waals surface area contributed by atoms with E-state index in [1.165, 1.54) is 22.9 Å². The van der Waals surface area contributed by atoms with Gasteiger partial charge in [-0.2, -0.15) is 4.68 Å². The number of aromatic nitrogens is 4. The maximum atomic E-state index is 12.1. The number of amides is 1. The number of benzene rings is 2. The van der Waals surface area contributed by atoms with E-state index in [-0.39, 0.29) is 11.7 Å². The highest BCUT2D eigenvalue weighted by molar-refractivity contribution is 7.99. The van der Waals surface area contributed by atoms with E-state index in [4.69, 9.17) is 0 Å². The Balaban J connectivity index is 1.57. The molecule has 0 unspecified atom stereocenters. The lowest BCUT2D eigenvalue weighted by Gasteiger charge is -2.08. The van der Waals surface area contributed by atoms with Gasteiger partial charge >= 0.3 is 0 Å². The smallest absolute Gasteiger partial charge is 0.230 e. The van der Waals surface area contributed by atoms with E-state index in [0.717, 1.165) is 11.3 Å². The van der Waals surface area contributed by atoms with Crippen LogP contribution in [0.4, 0.5) is 0 Å². The van der Waals surface area contributed by atoms with Crippen LogP contribution in [0.5, 0.6) is 0 Å². The highest BCUT2D eigenvalue weighted by atomic mass is 32.2. The first kappa shape index (κ1) is 17.2. The normalized spacial score (nSPS) is 10.6. The molecule has 2 aromatic carbocycles. The molecule has 1 aromatic heterocycles. The van der Waals surface area contributed by atoms with Crippen LogP contribution in [0.1, 0.15) is 16.7 Å². The van der Waals surface area contributed by atoms with Crippen molar-refractivity contribution >= 4 is 17.7 Å². The number of nitrogens with zero attached hydrogens (tertiary/aromatic N) is 4. The molecule has 0 aliphatic heterocycles. The molecule has 0 saturated carbocycles. The Kier molecular flexibility index (Phi) is 5.45. The maximum Gasteiger partial charge on any atom is 0.230 e. The summed E-state index contributed by atoms with van der Waals surface area (Å²) in [5.74, 6) is 0.213. The van der Waals surface area contributed by atoms with Crippen molar-refractivity contribution in [3.63, 3.8) is 0 Å². The number of hydrogen-bond acceptors (Lipinski definition) is 5. The van der Waals surface area contributed by atoms with Crippen molar-refractivity contribution in [1.82, 2.24) is 25.5 Å². The Hall–Kier alpha value is -2.67. The molecule has 0 fully saturated rings. The van der Waals surface area contributed by atoms with Gasteiger partial charge in [0.25, 0.3) is 0 Å². The Morgan fingerprint density at radius 1 is 1.12 bits per heavy atom. The Morgan fingerprint density at radius 2 is 1.88 bits per heavy atom. The highest BCUT2D eigenvalue weighted by Gasteiger charge is 2.11. The predicted octanol–water partition coefficient (Wildman–Crippen LogP) is 2.69. The van der Waals surface area contributed by atoms with Gasteiger partial charge in [-0.15, -0.1) is 5.10 Å². The molecule has 0 saturated heterocycles. The van der Waals surface area contributed by atoms with Gasteiger partial charge in [-0.1, -0.05) is 53.7 Å². The van der Waals surface area contributed by atoms with Crippen molar-refractivity contribution in [2.24, 2.45) is 0 Å². The van der Waals surface area contributed by atoms with Crippen molar-refractivity contribution in [1.29, 1.82) is 0 Å². The van der Waals surface area contributed by atoms with Crippen LogP contribution >= 0.6 is 11.8 Å². The standard InChI is InChI=1S/C18H19N5OS/c1-13-7-9-16(10-8-13)23-18(20-21-22-23)25-12-17(24)19-11-15-6-4-3-5-14(15)2/h3-10H,11-12H2,1-2H3,(H,19,24). The van der Waals surface area contributed by atoms with Crippen LogP contribution in [0.15, 0.2) is 53.7 Å². The van der Waals surface area contributed by atoms with Crippen molar-refractivity contribution in [2.45, 2.75) is 25.5 Å². The lowest BCUT2D eigenvalue weighted by molar-refractivity contribution is -0.118. The molecule has 1 N–H and O–H groups in total. The molecule has 0 atom stereocenters. The Morgan fingerprint density at radius 3 is 2.64 bits per heavy atom. The summed E-state index contributed by atoms with van der Waals surface area (Å²) < 4.78 is 1.64. The third kappa shape index (κ3) is 4.45. The van der Waals surface area contributed by atoms with Crippen molar-refractivity contribution in [2.75, 3.05) is 5.75 Å². The lowest BCUT2D eigenvalue weighted by atomic mass is 10.1. The van der Waals surface area contributed by atoms with Crippen LogP contribution in [-0.2, 0) is 11.3 Å². The van der Waals surface area contributed by atoms with Crippen molar-refractivity contribution < 1.29 is 4.79 Å². The molecule has 128 valence electrons. The zero-order chi connectivity index (χ0) is 17.6. The predicted molar refractivity (Wildman–Crippen MR) is 97.6 cm³/mol. The minimum atomic E-state index is -0.0493. The number of rotatable bonds is 6. The summed E-state index contributed by atoms with van der Waals surface area (Å²) in [5, 5.41) is 15.2. The van der Waals surface area contributed by atoms with Gasteiger partial charge in [0, 0.05) is 6.54 Å². The van der Waals surface area contributed by atoms with Crippen LogP contribution in [-0.4, -0.2) is 31.9 Å². The van der Waals surface area contributed by atoms with Gasteiger partial charge in [-0.3, -0.25) is 4.79 Å². The van der Waals surface area contributed by atoms with E-state index in [1.807, 2.05) is 62.4 Å². The fraction of sp³-hybridized carbons (Fsp3) is 0.222. The SMILES string of the molecule is Cc1ccc(-n2nnnc2SCC(=O)NCc2ccccc2C)cc1. The number of carbonyl (C=O) groups is 1. The zero-order valence-corrected chi connectivity index (χ0v) is 15.0. The van der Waals surface area contributed by atoms with E-state index in [0.29, 0.717) is 11.7 Å². The molecule has 3 aromatic rings. The molecule has 1 amide bonds. The molecule has 0 bridgehead atoms. The second-order valence-corrected chi connectivity index (χ2v) is 6.64. The van der Waals surface area contributed by atoms with E-state index in [1.54, 1.807) is 4.68 Å². The molecule has 0 spiro atoms. The third-order valence-electron chi connectivity index (χ3n) is 3.79. The van der Waals surface area contributed by atoms with Crippen molar-refractivity contribution in [3.05, 3.63) is 65.2 Å². The molecule has 0 aliphatic rings. The number of nitrogens with one attached hydrogen (secondary N) is 1. The summed E-state index contributed by atoms with van der Waals surface area (Å²) in [4.78, 5) is 12.1. The number of tetrazole rings is 1. The number of carbonyl (C=O) groups excluding carboxylic acids is 1. The molecule has 3 rings (SSSR count). The minimum Gasteiger partial charge on any atom is -0.351 e. The van der Waals surface area contributed by atoms with Crippen LogP contribution < -0.4 is 5.32 Å². The number of aryl methyl sites for hydroxylation is 2. The van der Waals surface area contributed by atoms with Gasteiger partial charge in [0.15, 0.2) is 0 Å². The first-order valence-corrected chi connectivity index (χ1v) is 8.91. The lowest BCUT2D eigenvalue weighted by Crippen LogP contribution is -2.25. The molecule has 1 heterocycles. The fourth-order valence-corrected chi connectivity index (χ4v) is 3.02. The largest absolute Gasteiger partial charge is 0.351 e. The van der Waals surface area contributed by atoms with Gasteiger partial charge < -0.3 is 5.32 Å². The quantitative estimate of drug-likeness (QED) is 0.690. The average molecular weight is 353 g/mol. The summed E-state index contributed by atoms with van der Waals surface area (Å²) in [6.07, 6.45) is 0. The molecule has 0 radical (unpaired) electrons. The molecule has 7 heteroatoms. The first-order valence-electron chi connectivity index (χ1n) is 7.93. The third-order valence-corrected chi connectivity index (χ3v) is 4.71. The summed E-state index contributed by atoms with van der Waals surface area (Å²) in [6, 6.07) is 15.9. The van der Waals surface area contributed by atoms with Crippen LogP contribution in [0.3, 0.4) is 0 Å². The molecule has 0 aliphatic carbocycles. The summed E-state index contributed by atoms with van der Waals surface area (Å²) >= 11 is 1.32. The zero-order valence-electron chi connectivity index (χ0n) is 14.1. The summed E-state index contributed by atoms with van der Waals surface area (Å²) in [5.41, 5.74) is 4.32. The molecular weight excluding hydrogens is 334 g/mol. The highest BCUT2D eigenvalue weighted by Crippen LogP contribution is 2.18. The second-order valence-electron chi connectivity index (χ2n) is 5.70. The number of hydrogen-bond donors (Lipinski definition) is 1. The van der Waals surface area contributed by atoms with Gasteiger partial charge in [-0.05, 0) is 47.5 Å². The van der Waals surface area contributed by atoms with Crippen LogP contribution in [0, 0.1) is 13.8 Å². The van der Waals surface area contributed by atoms with Gasteiger partial charge in [0.1, 0.15) is 0 Å². The minimum absolute atomic E-state index is 0.0493. The fourth-order valence-electron chi connectivity index (χ4n) is 2.30. The molecule has 6 nitrogen and oxygen atoms in total. The van der Waals surface area contributed by atoms with Gasteiger partial charge in [0.05, 0.1) is 11.4 Å². The van der Waals surface area contributed by atoms with E-state index < -0.39 is 0 Å². The second kappa shape index (κ2) is 7.94. The summed E-state index contributed by atoms with van der Waals surface area (Å²) in [7, 11) is 0. The van der Waals surface area contributed by atoms with E-state index in [9.17, 15) is 4.79 Å². The summed E-state index contributed by atoms with van der Waals surface area (Å²) in [6.45, 7) is 4.58. The number of thioether (sulfide) groups is 1. The van der Waals surface area contributed by atoms with Crippen LogP contribution in [0.2, 0.25) is 0 Å². The van der Waals surface area contributed by atoms with Crippen molar-refractivity contribution in [3.8, 4) is 5.69 Å². The maximum absolute atomic E-state index is 12.1.